The van der Waals surface area contributed by atoms with E-state index in [4.69, 9.17) is 5.73 Å². The molecular formula is C18H19F3N4O2. The van der Waals surface area contributed by atoms with Gasteiger partial charge in [0, 0.05) is 24.3 Å². The first-order chi connectivity index (χ1) is 12.7. The molecule has 0 saturated heterocycles. The van der Waals surface area contributed by atoms with E-state index in [0.29, 0.717) is 5.92 Å². The van der Waals surface area contributed by atoms with Gasteiger partial charge in [-0.3, -0.25) is 9.59 Å². The lowest BCUT2D eigenvalue weighted by Gasteiger charge is -2.17. The van der Waals surface area contributed by atoms with Crippen molar-refractivity contribution in [2.24, 2.45) is 11.7 Å². The molecule has 3 rings (SSSR count). The van der Waals surface area contributed by atoms with Crippen LogP contribution in [-0.4, -0.2) is 28.3 Å². The Morgan fingerprint density at radius 1 is 1.37 bits per heavy atom. The molecule has 1 saturated carbocycles. The fourth-order valence-corrected chi connectivity index (χ4v) is 2.83. The second-order valence-corrected chi connectivity index (χ2v) is 6.64. The Balaban J connectivity index is 1.95. The van der Waals surface area contributed by atoms with E-state index in [0.717, 1.165) is 29.7 Å². The zero-order valence-corrected chi connectivity index (χ0v) is 14.6. The summed E-state index contributed by atoms with van der Waals surface area (Å²) >= 11 is 0. The molecule has 1 aromatic heterocycles. The van der Waals surface area contributed by atoms with Crippen LogP contribution in [0.2, 0.25) is 0 Å². The molecule has 1 fully saturated rings. The summed E-state index contributed by atoms with van der Waals surface area (Å²) in [7, 11) is 0. The predicted molar refractivity (Wildman–Crippen MR) is 92.6 cm³/mol. The molecule has 0 bridgehead atoms. The topological polar surface area (TPSA) is 90.0 Å². The van der Waals surface area contributed by atoms with Crippen LogP contribution in [0, 0.1) is 12.8 Å². The minimum Gasteiger partial charge on any atom is -0.349 e. The third-order valence-corrected chi connectivity index (χ3v) is 4.49. The van der Waals surface area contributed by atoms with Crippen LogP contribution < -0.4 is 16.5 Å². The van der Waals surface area contributed by atoms with E-state index in [1.54, 1.807) is 0 Å². The molecule has 0 spiro atoms. The number of nitrogens with one attached hydrogen (secondary N) is 1. The highest BCUT2D eigenvalue weighted by molar-refractivity contribution is 5.92. The number of carbonyl (C=O) groups excluding carboxylic acids is 1. The van der Waals surface area contributed by atoms with E-state index in [1.165, 1.54) is 25.1 Å². The van der Waals surface area contributed by atoms with Gasteiger partial charge in [-0.2, -0.15) is 18.3 Å². The zero-order chi connectivity index (χ0) is 19.8. The van der Waals surface area contributed by atoms with Gasteiger partial charge < -0.3 is 11.1 Å². The number of alkyl halides is 3. The second-order valence-electron chi connectivity index (χ2n) is 6.64. The number of aromatic nitrogens is 2. The zero-order valence-electron chi connectivity index (χ0n) is 14.6. The smallest absolute Gasteiger partial charge is 0.349 e. The van der Waals surface area contributed by atoms with E-state index in [-0.39, 0.29) is 24.0 Å². The van der Waals surface area contributed by atoms with Gasteiger partial charge in [-0.1, -0.05) is 12.1 Å². The molecule has 1 aliphatic rings. The highest BCUT2D eigenvalue weighted by atomic mass is 19.4. The quantitative estimate of drug-likeness (QED) is 0.831. The second kappa shape index (κ2) is 7.15. The molecule has 9 heteroatoms. The number of rotatable bonds is 5. The van der Waals surface area contributed by atoms with Crippen LogP contribution in [0.15, 0.2) is 35.1 Å². The van der Waals surface area contributed by atoms with Gasteiger partial charge in [0.1, 0.15) is 0 Å². The van der Waals surface area contributed by atoms with Crippen molar-refractivity contribution in [3.05, 3.63) is 57.5 Å². The standard InChI is InChI=1S/C18H19F3N4O2/c1-10-8-15(26)16(17(27)23-9-13(22)11-6-7-11)24-25(10)14-5-3-2-4-12(14)18(19,20)21/h2-5,8,11,13H,6-7,9,22H2,1H3,(H,23,27). The Morgan fingerprint density at radius 2 is 2.04 bits per heavy atom. The first-order valence-corrected chi connectivity index (χ1v) is 8.50. The van der Waals surface area contributed by atoms with Gasteiger partial charge in [0.05, 0.1) is 11.3 Å². The number of halogens is 3. The minimum atomic E-state index is -4.60. The molecule has 1 unspecified atom stereocenters. The Bertz CT molecular complexity index is 920. The Morgan fingerprint density at radius 3 is 2.67 bits per heavy atom. The number of benzene rings is 1. The lowest BCUT2D eigenvalue weighted by Crippen LogP contribution is -2.40. The normalized spacial score (nSPS) is 15.4. The van der Waals surface area contributed by atoms with Gasteiger partial charge in [0.25, 0.3) is 5.91 Å². The molecule has 3 N–H and O–H groups in total. The lowest BCUT2D eigenvalue weighted by molar-refractivity contribution is -0.137. The molecule has 2 aromatic rings. The lowest BCUT2D eigenvalue weighted by atomic mass is 10.1. The summed E-state index contributed by atoms with van der Waals surface area (Å²) in [6, 6.07) is 5.72. The molecule has 6 nitrogen and oxygen atoms in total. The summed E-state index contributed by atoms with van der Waals surface area (Å²) in [5.41, 5.74) is 3.79. The van der Waals surface area contributed by atoms with Crippen molar-refractivity contribution in [3.8, 4) is 5.69 Å². The van der Waals surface area contributed by atoms with Crippen molar-refractivity contribution in [3.63, 3.8) is 0 Å². The average Bonchev–Trinajstić information content (AvgIpc) is 3.44. The molecule has 1 amide bonds. The van der Waals surface area contributed by atoms with Gasteiger partial charge >= 0.3 is 6.18 Å². The third kappa shape index (κ3) is 4.19. The summed E-state index contributed by atoms with van der Waals surface area (Å²) in [4.78, 5) is 24.5. The van der Waals surface area contributed by atoms with Crippen LogP contribution in [0.4, 0.5) is 13.2 Å². The number of nitrogens with zero attached hydrogens (tertiary/aromatic N) is 2. The minimum absolute atomic E-state index is 0.178. The van der Waals surface area contributed by atoms with Gasteiger partial charge in [-0.15, -0.1) is 0 Å². The first kappa shape index (κ1) is 19.1. The number of hydrogen-bond donors (Lipinski definition) is 2. The van der Waals surface area contributed by atoms with E-state index in [1.807, 2.05) is 0 Å². The van der Waals surface area contributed by atoms with Gasteiger partial charge in [-0.25, -0.2) is 4.68 Å². The van der Waals surface area contributed by atoms with Crippen LogP contribution in [0.25, 0.3) is 5.69 Å². The van der Waals surface area contributed by atoms with Crippen LogP contribution in [-0.2, 0) is 6.18 Å². The van der Waals surface area contributed by atoms with Crippen molar-refractivity contribution in [2.45, 2.75) is 32.0 Å². The highest BCUT2D eigenvalue weighted by Gasteiger charge is 2.34. The molecule has 1 aliphatic carbocycles. The number of hydrogen-bond acceptors (Lipinski definition) is 4. The number of aryl methyl sites for hydroxylation is 1. The monoisotopic (exact) mass is 380 g/mol. The van der Waals surface area contributed by atoms with Crippen molar-refractivity contribution >= 4 is 5.91 Å². The van der Waals surface area contributed by atoms with E-state index < -0.39 is 28.8 Å². The van der Waals surface area contributed by atoms with Gasteiger partial charge in [-0.05, 0) is 37.8 Å². The number of amides is 1. The summed E-state index contributed by atoms with van der Waals surface area (Å²) < 4.78 is 40.9. The first-order valence-electron chi connectivity index (χ1n) is 8.50. The molecule has 1 atom stereocenters. The number of nitrogens with two attached hydrogens (primary N) is 1. The molecular weight excluding hydrogens is 361 g/mol. The largest absolute Gasteiger partial charge is 0.418 e. The predicted octanol–water partition coefficient (Wildman–Crippen LogP) is 2.03. The average molecular weight is 380 g/mol. The Labute approximate surface area is 153 Å². The van der Waals surface area contributed by atoms with Crippen molar-refractivity contribution in [1.82, 2.24) is 15.1 Å². The van der Waals surface area contributed by atoms with Crippen molar-refractivity contribution in [1.29, 1.82) is 0 Å². The molecule has 1 aromatic carbocycles. The Kier molecular flexibility index (Phi) is 5.05. The van der Waals surface area contributed by atoms with Crippen molar-refractivity contribution in [2.75, 3.05) is 6.54 Å². The van der Waals surface area contributed by atoms with Gasteiger partial charge in [0.15, 0.2) is 5.69 Å². The van der Waals surface area contributed by atoms with Crippen LogP contribution in [0.1, 0.15) is 34.6 Å². The summed E-state index contributed by atoms with van der Waals surface area (Å²) in [5.74, 6) is -0.402. The summed E-state index contributed by atoms with van der Waals surface area (Å²) in [6.07, 6.45) is -2.60. The van der Waals surface area contributed by atoms with E-state index in [2.05, 4.69) is 10.4 Å². The fourth-order valence-electron chi connectivity index (χ4n) is 2.83. The van der Waals surface area contributed by atoms with Crippen LogP contribution >= 0.6 is 0 Å². The maximum atomic E-state index is 13.3. The molecule has 27 heavy (non-hydrogen) atoms. The van der Waals surface area contributed by atoms with E-state index >= 15 is 0 Å². The van der Waals surface area contributed by atoms with Gasteiger partial charge in [0.2, 0.25) is 5.43 Å². The maximum absolute atomic E-state index is 13.3. The number of carbonyl (C=O) groups is 1. The Hall–Kier alpha value is -2.68. The maximum Gasteiger partial charge on any atom is 0.418 e. The summed E-state index contributed by atoms with van der Waals surface area (Å²) in [6.45, 7) is 1.63. The molecule has 0 aliphatic heterocycles. The summed E-state index contributed by atoms with van der Waals surface area (Å²) in [5, 5.41) is 6.45. The number of para-hydroxylation sites is 1. The van der Waals surface area contributed by atoms with Crippen LogP contribution in [0.5, 0.6) is 0 Å². The third-order valence-electron chi connectivity index (χ3n) is 4.49. The molecule has 144 valence electrons. The fraction of sp³-hybridized carbons (Fsp3) is 0.389. The SMILES string of the molecule is Cc1cc(=O)c(C(=O)NCC(N)C2CC2)nn1-c1ccccc1C(F)(F)F. The van der Waals surface area contributed by atoms with E-state index in [9.17, 15) is 22.8 Å². The molecule has 1 heterocycles. The highest BCUT2D eigenvalue weighted by Crippen LogP contribution is 2.33. The van der Waals surface area contributed by atoms with Crippen LogP contribution in [0.3, 0.4) is 0 Å². The van der Waals surface area contributed by atoms with Crippen molar-refractivity contribution < 1.29 is 18.0 Å². The molecule has 0 radical (unpaired) electrons.